The van der Waals surface area contributed by atoms with Crippen LogP contribution in [0.3, 0.4) is 0 Å². The fourth-order valence-corrected chi connectivity index (χ4v) is 2.92. The van der Waals surface area contributed by atoms with E-state index in [9.17, 15) is 0 Å². The van der Waals surface area contributed by atoms with E-state index in [1.54, 1.807) is 13.3 Å². The molecule has 6 heteroatoms. The van der Waals surface area contributed by atoms with Gasteiger partial charge in [0.2, 0.25) is 0 Å². The van der Waals surface area contributed by atoms with E-state index >= 15 is 0 Å². The largest absolute Gasteiger partial charge is 0.493 e. The SMILES string of the molecule is COc1cc(/C=N/NC(=S)NCc2ccccc2)ccc1OCc1ccccc1C. The molecule has 0 unspecified atom stereocenters. The third-order valence-corrected chi connectivity index (χ3v) is 4.74. The van der Waals surface area contributed by atoms with Gasteiger partial charge in [0.1, 0.15) is 6.61 Å². The predicted molar refractivity (Wildman–Crippen MR) is 125 cm³/mol. The van der Waals surface area contributed by atoms with Crippen LogP contribution < -0.4 is 20.2 Å². The van der Waals surface area contributed by atoms with Gasteiger partial charge in [0, 0.05) is 6.54 Å². The Bertz CT molecular complexity index is 1010. The predicted octanol–water partition coefficient (Wildman–Crippen LogP) is 4.58. The van der Waals surface area contributed by atoms with Gasteiger partial charge in [-0.1, -0.05) is 54.6 Å². The number of benzene rings is 3. The molecule has 30 heavy (non-hydrogen) atoms. The van der Waals surface area contributed by atoms with Crippen molar-refractivity contribution in [3.05, 3.63) is 95.1 Å². The second kappa shape index (κ2) is 11.0. The van der Waals surface area contributed by atoms with E-state index < -0.39 is 0 Å². The smallest absolute Gasteiger partial charge is 0.187 e. The number of methoxy groups -OCH3 is 1. The Morgan fingerprint density at radius 1 is 1.00 bits per heavy atom. The highest BCUT2D eigenvalue weighted by Gasteiger charge is 2.06. The summed E-state index contributed by atoms with van der Waals surface area (Å²) >= 11 is 5.25. The fourth-order valence-electron chi connectivity index (χ4n) is 2.79. The van der Waals surface area contributed by atoms with Crippen LogP contribution in [0.5, 0.6) is 11.5 Å². The van der Waals surface area contributed by atoms with E-state index in [4.69, 9.17) is 21.7 Å². The van der Waals surface area contributed by atoms with Crippen molar-refractivity contribution in [2.75, 3.05) is 7.11 Å². The number of hydrogen-bond donors (Lipinski definition) is 2. The minimum Gasteiger partial charge on any atom is -0.493 e. The monoisotopic (exact) mass is 419 g/mol. The zero-order valence-corrected chi connectivity index (χ0v) is 17.9. The highest BCUT2D eigenvalue weighted by atomic mass is 32.1. The van der Waals surface area contributed by atoms with Gasteiger partial charge in [0.25, 0.3) is 0 Å². The molecule has 2 N–H and O–H groups in total. The van der Waals surface area contributed by atoms with Gasteiger partial charge < -0.3 is 14.8 Å². The third-order valence-electron chi connectivity index (χ3n) is 4.51. The molecule has 0 radical (unpaired) electrons. The van der Waals surface area contributed by atoms with Crippen molar-refractivity contribution < 1.29 is 9.47 Å². The lowest BCUT2D eigenvalue weighted by atomic mass is 10.1. The highest BCUT2D eigenvalue weighted by molar-refractivity contribution is 7.80. The van der Waals surface area contributed by atoms with E-state index in [-0.39, 0.29) is 0 Å². The highest BCUT2D eigenvalue weighted by Crippen LogP contribution is 2.28. The Balaban J connectivity index is 1.53. The Kier molecular flexibility index (Phi) is 7.80. The summed E-state index contributed by atoms with van der Waals surface area (Å²) in [5, 5.41) is 7.76. The minimum absolute atomic E-state index is 0.459. The van der Waals surface area contributed by atoms with Crippen molar-refractivity contribution in [1.29, 1.82) is 0 Å². The van der Waals surface area contributed by atoms with E-state index in [1.165, 1.54) is 5.56 Å². The Morgan fingerprint density at radius 3 is 2.53 bits per heavy atom. The molecule has 5 nitrogen and oxygen atoms in total. The van der Waals surface area contributed by atoms with Crippen LogP contribution in [0.15, 0.2) is 77.9 Å². The first-order chi connectivity index (χ1) is 14.7. The molecule has 0 saturated heterocycles. The Hall–Kier alpha value is -3.38. The van der Waals surface area contributed by atoms with Crippen LogP contribution in [0.25, 0.3) is 0 Å². The molecule has 0 aliphatic heterocycles. The van der Waals surface area contributed by atoms with Gasteiger partial charge in [-0.05, 0) is 59.6 Å². The molecule has 0 saturated carbocycles. The standard InChI is InChI=1S/C24H25N3O2S/c1-18-8-6-7-11-21(18)17-29-22-13-12-20(14-23(22)28-2)16-26-27-24(30)25-15-19-9-4-3-5-10-19/h3-14,16H,15,17H2,1-2H3,(H2,25,27,30)/b26-16+. The lowest BCUT2D eigenvalue weighted by molar-refractivity contribution is 0.284. The number of aryl methyl sites for hydroxylation is 1. The third kappa shape index (κ3) is 6.32. The minimum atomic E-state index is 0.459. The quantitative estimate of drug-likeness (QED) is 0.318. The molecular formula is C24H25N3O2S. The van der Waals surface area contributed by atoms with Gasteiger partial charge in [-0.2, -0.15) is 5.10 Å². The van der Waals surface area contributed by atoms with E-state index in [1.807, 2.05) is 60.7 Å². The number of rotatable bonds is 8. The van der Waals surface area contributed by atoms with Crippen LogP contribution in [0.4, 0.5) is 0 Å². The molecular weight excluding hydrogens is 394 g/mol. The maximum absolute atomic E-state index is 5.95. The molecule has 154 valence electrons. The summed E-state index contributed by atoms with van der Waals surface area (Å²) < 4.78 is 11.4. The summed E-state index contributed by atoms with van der Waals surface area (Å²) in [6, 6.07) is 23.9. The molecule has 3 rings (SSSR count). The summed E-state index contributed by atoms with van der Waals surface area (Å²) in [5.41, 5.74) is 7.18. The van der Waals surface area contributed by atoms with Crippen LogP contribution in [0.1, 0.15) is 22.3 Å². The number of ether oxygens (including phenoxy) is 2. The first-order valence-corrected chi connectivity index (χ1v) is 10.0. The van der Waals surface area contributed by atoms with Gasteiger partial charge in [-0.3, -0.25) is 5.43 Å². The van der Waals surface area contributed by atoms with Crippen molar-refractivity contribution in [3.8, 4) is 11.5 Å². The average molecular weight is 420 g/mol. The van der Waals surface area contributed by atoms with Crippen LogP contribution in [-0.2, 0) is 13.2 Å². The lowest BCUT2D eigenvalue weighted by Crippen LogP contribution is -2.31. The number of hydrazone groups is 1. The van der Waals surface area contributed by atoms with Gasteiger partial charge in [-0.25, -0.2) is 0 Å². The van der Waals surface area contributed by atoms with Gasteiger partial charge in [-0.15, -0.1) is 0 Å². The molecule has 0 spiro atoms. The molecule has 0 fully saturated rings. The molecule has 3 aromatic rings. The molecule has 0 atom stereocenters. The Morgan fingerprint density at radius 2 is 1.77 bits per heavy atom. The topological polar surface area (TPSA) is 54.9 Å². The Labute approximate surface area is 182 Å². The lowest BCUT2D eigenvalue weighted by Gasteiger charge is -2.12. The number of thiocarbonyl (C=S) groups is 1. The van der Waals surface area contributed by atoms with Gasteiger partial charge >= 0.3 is 0 Å². The molecule has 0 amide bonds. The van der Waals surface area contributed by atoms with Crippen LogP contribution >= 0.6 is 12.2 Å². The second-order valence-corrected chi connectivity index (χ2v) is 7.07. The van der Waals surface area contributed by atoms with Crippen molar-refractivity contribution in [2.24, 2.45) is 5.10 Å². The zero-order valence-electron chi connectivity index (χ0n) is 17.1. The van der Waals surface area contributed by atoms with Crippen LogP contribution in [0.2, 0.25) is 0 Å². The zero-order chi connectivity index (χ0) is 21.2. The van der Waals surface area contributed by atoms with E-state index in [2.05, 4.69) is 34.9 Å². The van der Waals surface area contributed by atoms with Crippen molar-refractivity contribution in [2.45, 2.75) is 20.1 Å². The maximum Gasteiger partial charge on any atom is 0.187 e. The molecule has 0 bridgehead atoms. The molecule has 0 heterocycles. The summed E-state index contributed by atoms with van der Waals surface area (Å²) in [6.07, 6.45) is 1.68. The van der Waals surface area contributed by atoms with Crippen molar-refractivity contribution in [1.82, 2.24) is 10.7 Å². The molecule has 0 aromatic heterocycles. The molecule has 0 aliphatic rings. The van der Waals surface area contributed by atoms with Crippen molar-refractivity contribution in [3.63, 3.8) is 0 Å². The van der Waals surface area contributed by atoms with Gasteiger partial charge in [0.05, 0.1) is 13.3 Å². The van der Waals surface area contributed by atoms with E-state index in [0.717, 1.165) is 16.7 Å². The maximum atomic E-state index is 5.95. The first kappa shape index (κ1) is 21.3. The fraction of sp³-hybridized carbons (Fsp3) is 0.167. The summed E-state index contributed by atoms with van der Waals surface area (Å²) in [6.45, 7) is 3.20. The first-order valence-electron chi connectivity index (χ1n) is 9.62. The normalized spacial score (nSPS) is 10.6. The average Bonchev–Trinajstić information content (AvgIpc) is 2.78. The summed E-state index contributed by atoms with van der Waals surface area (Å²) in [5.74, 6) is 1.34. The second-order valence-electron chi connectivity index (χ2n) is 6.66. The van der Waals surface area contributed by atoms with Gasteiger partial charge in [0.15, 0.2) is 16.6 Å². The van der Waals surface area contributed by atoms with Crippen LogP contribution in [-0.4, -0.2) is 18.4 Å². The number of hydrogen-bond acceptors (Lipinski definition) is 4. The number of nitrogens with zero attached hydrogens (tertiary/aromatic N) is 1. The number of nitrogens with one attached hydrogen (secondary N) is 2. The summed E-state index contributed by atoms with van der Waals surface area (Å²) in [4.78, 5) is 0. The van der Waals surface area contributed by atoms with Crippen LogP contribution in [0, 0.1) is 6.92 Å². The van der Waals surface area contributed by atoms with Crippen molar-refractivity contribution >= 4 is 23.5 Å². The molecule has 3 aromatic carbocycles. The summed E-state index contributed by atoms with van der Waals surface area (Å²) in [7, 11) is 1.62. The molecule has 0 aliphatic carbocycles. The van der Waals surface area contributed by atoms with E-state index in [0.29, 0.717) is 29.8 Å².